The number of aliphatic hydroxyl groups excluding tert-OH is 1. The summed E-state index contributed by atoms with van der Waals surface area (Å²) in [5.41, 5.74) is 2.87. The van der Waals surface area contributed by atoms with Crippen LogP contribution >= 0.6 is 0 Å². The Bertz CT molecular complexity index is 802. The molecule has 2 rings (SSSR count). The number of rotatable bonds is 7. The number of ether oxygens (including phenoxy) is 1. The summed E-state index contributed by atoms with van der Waals surface area (Å²) < 4.78 is 33.1. The quantitative estimate of drug-likeness (QED) is 0.803. The van der Waals surface area contributed by atoms with E-state index in [1.54, 1.807) is 18.2 Å². The van der Waals surface area contributed by atoms with Gasteiger partial charge in [-0.25, -0.2) is 13.1 Å². The first-order valence-corrected chi connectivity index (χ1v) is 9.18. The third-order valence-corrected chi connectivity index (χ3v) is 5.42. The monoisotopic (exact) mass is 349 g/mol. The summed E-state index contributed by atoms with van der Waals surface area (Å²) in [5.74, 6) is 0.278. The van der Waals surface area contributed by atoms with E-state index in [0.29, 0.717) is 6.42 Å². The highest BCUT2D eigenvalue weighted by Crippen LogP contribution is 2.25. The van der Waals surface area contributed by atoms with Gasteiger partial charge in [-0.3, -0.25) is 0 Å². The number of sulfonamides is 1. The molecule has 1 atom stereocenters. The summed E-state index contributed by atoms with van der Waals surface area (Å²) in [6.07, 6.45) is 0.413. The number of hydrogen-bond acceptors (Lipinski definition) is 4. The van der Waals surface area contributed by atoms with Crippen molar-refractivity contribution in [2.24, 2.45) is 0 Å². The van der Waals surface area contributed by atoms with Gasteiger partial charge in [0.15, 0.2) is 0 Å². The Morgan fingerprint density at radius 3 is 2.50 bits per heavy atom. The highest BCUT2D eigenvalue weighted by Gasteiger charge is 2.24. The molecule has 5 nitrogen and oxygen atoms in total. The van der Waals surface area contributed by atoms with Gasteiger partial charge in [0.25, 0.3) is 0 Å². The maximum Gasteiger partial charge on any atom is 0.244 e. The Morgan fingerprint density at radius 1 is 1.17 bits per heavy atom. The van der Waals surface area contributed by atoms with E-state index in [-0.39, 0.29) is 17.3 Å². The Morgan fingerprint density at radius 2 is 1.88 bits per heavy atom. The van der Waals surface area contributed by atoms with Gasteiger partial charge in [0.05, 0.1) is 13.7 Å². The average Bonchev–Trinajstić information content (AvgIpc) is 2.56. The van der Waals surface area contributed by atoms with E-state index in [1.165, 1.54) is 7.11 Å². The van der Waals surface area contributed by atoms with E-state index in [1.807, 2.05) is 38.1 Å². The highest BCUT2D eigenvalue weighted by atomic mass is 32.2. The van der Waals surface area contributed by atoms with Crippen LogP contribution in [0.2, 0.25) is 0 Å². The van der Waals surface area contributed by atoms with Crippen LogP contribution in [0.3, 0.4) is 0 Å². The van der Waals surface area contributed by atoms with Crippen molar-refractivity contribution in [3.63, 3.8) is 0 Å². The van der Waals surface area contributed by atoms with Crippen molar-refractivity contribution in [3.05, 3.63) is 59.2 Å². The molecule has 2 aromatic carbocycles. The first-order chi connectivity index (χ1) is 11.4. The minimum Gasteiger partial charge on any atom is -0.495 e. The normalized spacial score (nSPS) is 12.8. The summed E-state index contributed by atoms with van der Waals surface area (Å²) in [6, 6.07) is 12.1. The van der Waals surface area contributed by atoms with Gasteiger partial charge < -0.3 is 9.84 Å². The highest BCUT2D eigenvalue weighted by molar-refractivity contribution is 7.89. The zero-order valence-electron chi connectivity index (χ0n) is 14.1. The minimum absolute atomic E-state index is 0.0771. The molecule has 0 aliphatic rings. The average molecular weight is 349 g/mol. The second kappa shape index (κ2) is 7.79. The van der Waals surface area contributed by atoms with Crippen LogP contribution in [-0.2, 0) is 16.4 Å². The molecular formula is C18H23NO4S. The largest absolute Gasteiger partial charge is 0.495 e. The SMILES string of the molecule is COc1ccc(C)cc1S(=O)(=O)N[C@@H](CO)Cc1ccccc1C. The lowest BCUT2D eigenvalue weighted by molar-refractivity contribution is 0.256. The lowest BCUT2D eigenvalue weighted by Crippen LogP contribution is -2.39. The van der Waals surface area contributed by atoms with Crippen LogP contribution in [0.4, 0.5) is 0 Å². The van der Waals surface area contributed by atoms with E-state index in [2.05, 4.69) is 4.72 Å². The summed E-state index contributed by atoms with van der Waals surface area (Å²) in [4.78, 5) is 0.0771. The molecule has 0 aromatic heterocycles. The topological polar surface area (TPSA) is 75.6 Å². The van der Waals surface area contributed by atoms with Gasteiger partial charge in [0.1, 0.15) is 10.6 Å². The second-order valence-corrected chi connectivity index (χ2v) is 7.47. The van der Waals surface area contributed by atoms with Crippen molar-refractivity contribution in [2.75, 3.05) is 13.7 Å². The van der Waals surface area contributed by atoms with Gasteiger partial charge in [-0.05, 0) is 49.1 Å². The molecule has 0 aliphatic carbocycles. The lowest BCUT2D eigenvalue weighted by Gasteiger charge is -2.19. The molecule has 0 fully saturated rings. The zero-order valence-corrected chi connectivity index (χ0v) is 14.9. The summed E-state index contributed by atoms with van der Waals surface area (Å²) >= 11 is 0. The summed E-state index contributed by atoms with van der Waals surface area (Å²) in [7, 11) is -2.37. The van der Waals surface area contributed by atoms with Crippen molar-refractivity contribution in [1.29, 1.82) is 0 Å². The second-order valence-electron chi connectivity index (χ2n) is 5.79. The standard InChI is InChI=1S/C18H23NO4S/c1-13-8-9-17(23-3)18(10-13)24(21,22)19-16(12-20)11-15-7-5-4-6-14(15)2/h4-10,16,19-20H,11-12H2,1-3H3/t16-/m1/s1. The maximum absolute atomic E-state index is 12.7. The molecule has 0 aliphatic heterocycles. The van der Waals surface area contributed by atoms with E-state index < -0.39 is 16.1 Å². The molecule has 130 valence electrons. The first-order valence-electron chi connectivity index (χ1n) is 7.69. The van der Waals surface area contributed by atoms with Crippen LogP contribution in [0.25, 0.3) is 0 Å². The number of hydrogen-bond donors (Lipinski definition) is 2. The van der Waals surface area contributed by atoms with E-state index in [4.69, 9.17) is 4.74 Å². The molecule has 0 heterocycles. The van der Waals surface area contributed by atoms with Gasteiger partial charge in [-0.1, -0.05) is 30.3 Å². The van der Waals surface area contributed by atoms with Crippen LogP contribution in [0.1, 0.15) is 16.7 Å². The van der Waals surface area contributed by atoms with Gasteiger partial charge in [-0.15, -0.1) is 0 Å². The van der Waals surface area contributed by atoms with Crippen molar-refractivity contribution in [3.8, 4) is 5.75 Å². The lowest BCUT2D eigenvalue weighted by atomic mass is 10.0. The van der Waals surface area contributed by atoms with Crippen LogP contribution < -0.4 is 9.46 Å². The molecule has 0 saturated carbocycles. The third kappa shape index (κ3) is 4.35. The van der Waals surface area contributed by atoms with Crippen LogP contribution in [0, 0.1) is 13.8 Å². The van der Waals surface area contributed by atoms with Crippen LogP contribution in [0.15, 0.2) is 47.4 Å². The maximum atomic E-state index is 12.7. The Labute approximate surface area is 143 Å². The van der Waals surface area contributed by atoms with Crippen LogP contribution in [-0.4, -0.2) is 33.3 Å². The minimum atomic E-state index is -3.80. The summed E-state index contributed by atoms with van der Waals surface area (Å²) in [5, 5.41) is 9.61. The predicted molar refractivity (Wildman–Crippen MR) is 93.8 cm³/mol. The number of aliphatic hydroxyl groups is 1. The molecule has 0 spiro atoms. The smallest absolute Gasteiger partial charge is 0.244 e. The fourth-order valence-electron chi connectivity index (χ4n) is 2.52. The fraction of sp³-hybridized carbons (Fsp3) is 0.333. The molecule has 2 aromatic rings. The Balaban J connectivity index is 2.27. The first kappa shape index (κ1) is 18.4. The van der Waals surface area contributed by atoms with Crippen molar-refractivity contribution in [2.45, 2.75) is 31.2 Å². The Kier molecular flexibility index (Phi) is 5.99. The van der Waals surface area contributed by atoms with E-state index in [9.17, 15) is 13.5 Å². The number of aryl methyl sites for hydroxylation is 2. The molecule has 2 N–H and O–H groups in total. The molecule has 0 saturated heterocycles. The van der Waals surface area contributed by atoms with Crippen molar-refractivity contribution in [1.82, 2.24) is 4.72 Å². The molecule has 0 radical (unpaired) electrons. The van der Waals surface area contributed by atoms with Gasteiger partial charge in [0, 0.05) is 6.04 Å². The molecule has 0 unspecified atom stereocenters. The van der Waals surface area contributed by atoms with Gasteiger partial charge in [-0.2, -0.15) is 0 Å². The molecule has 24 heavy (non-hydrogen) atoms. The van der Waals surface area contributed by atoms with Crippen molar-refractivity contribution < 1.29 is 18.3 Å². The van der Waals surface area contributed by atoms with E-state index in [0.717, 1.165) is 16.7 Å². The molecule has 0 bridgehead atoms. The van der Waals surface area contributed by atoms with Gasteiger partial charge in [0.2, 0.25) is 10.0 Å². The third-order valence-electron chi connectivity index (χ3n) is 3.88. The predicted octanol–water partition coefficient (Wildman–Crippen LogP) is 2.19. The number of nitrogens with one attached hydrogen (secondary N) is 1. The molecule has 6 heteroatoms. The van der Waals surface area contributed by atoms with Gasteiger partial charge >= 0.3 is 0 Å². The fourth-order valence-corrected chi connectivity index (χ4v) is 4.01. The van der Waals surface area contributed by atoms with E-state index >= 15 is 0 Å². The number of methoxy groups -OCH3 is 1. The zero-order chi connectivity index (χ0) is 17.7. The summed E-state index contributed by atoms with van der Waals surface area (Å²) in [6.45, 7) is 3.48. The number of benzene rings is 2. The van der Waals surface area contributed by atoms with Crippen LogP contribution in [0.5, 0.6) is 5.75 Å². The molecular weight excluding hydrogens is 326 g/mol. The van der Waals surface area contributed by atoms with Crippen molar-refractivity contribution >= 4 is 10.0 Å². The Hall–Kier alpha value is -1.89. The molecule has 0 amide bonds.